The fraction of sp³-hybridized carbons (Fsp3) is 0.455. The Morgan fingerprint density at radius 2 is 1.94 bits per heavy atom. The van der Waals surface area contributed by atoms with Gasteiger partial charge in [0.1, 0.15) is 12.4 Å². The highest BCUT2D eigenvalue weighted by molar-refractivity contribution is 7.17. The molecule has 2 rings (SSSR count). The van der Waals surface area contributed by atoms with Gasteiger partial charge in [0, 0.05) is 5.02 Å². The van der Waals surface area contributed by atoms with E-state index in [1.165, 1.54) is 6.07 Å². The molecule has 3 N–H and O–H groups in total. The number of alkyl halides is 3. The number of nitrogens with two attached hydrogens (primary N) is 1. The zero-order valence-electron chi connectivity index (χ0n) is 17.7. The van der Waals surface area contributed by atoms with Crippen LogP contribution in [0.2, 0.25) is 5.02 Å². The topological polar surface area (TPSA) is 81.8 Å². The average Bonchev–Trinajstić information content (AvgIpc) is 2.76. The lowest BCUT2D eigenvalue weighted by atomic mass is 9.93. The highest BCUT2D eigenvalue weighted by Gasteiger charge is 2.35. The lowest BCUT2D eigenvalue weighted by Crippen LogP contribution is -2.47. The molecule has 5 nitrogen and oxygen atoms in total. The van der Waals surface area contributed by atoms with Gasteiger partial charge in [-0.05, 0) is 72.1 Å². The van der Waals surface area contributed by atoms with Crippen molar-refractivity contribution in [1.82, 2.24) is 0 Å². The highest BCUT2D eigenvalue weighted by Crippen LogP contribution is 2.37. The summed E-state index contributed by atoms with van der Waals surface area (Å²) < 4.78 is 61.5. The third-order valence-electron chi connectivity index (χ3n) is 5.22. The highest BCUT2D eigenvalue weighted by atomic mass is 35.5. The van der Waals surface area contributed by atoms with Gasteiger partial charge < -0.3 is 15.6 Å². The van der Waals surface area contributed by atoms with Crippen LogP contribution in [0.4, 0.5) is 13.2 Å². The first kappa shape index (κ1) is 26.6. The summed E-state index contributed by atoms with van der Waals surface area (Å²) in [6.07, 6.45) is -3.08. The van der Waals surface area contributed by atoms with Crippen molar-refractivity contribution in [1.29, 1.82) is 0 Å². The number of aryl methyl sites for hydroxylation is 2. The van der Waals surface area contributed by atoms with Crippen LogP contribution >= 0.6 is 20.3 Å². The zero-order valence-corrected chi connectivity index (χ0v) is 19.4. The lowest BCUT2D eigenvalue weighted by molar-refractivity contribution is -0.139. The second kappa shape index (κ2) is 12.0. The molecule has 2 atom stereocenters. The SMILES string of the molecule is Cc1c(Cl)cccc1CCCOc1ccc(CCC(N)(CO)CO[PH+]=O)cc1C(F)(F)F. The van der Waals surface area contributed by atoms with Gasteiger partial charge in [0.05, 0.1) is 24.3 Å². The predicted molar refractivity (Wildman–Crippen MR) is 119 cm³/mol. The smallest absolute Gasteiger partial charge is 0.493 e. The van der Waals surface area contributed by atoms with Crippen LogP contribution in [0.5, 0.6) is 5.75 Å². The maximum Gasteiger partial charge on any atom is 0.494 e. The van der Waals surface area contributed by atoms with Crippen molar-refractivity contribution in [3.8, 4) is 5.75 Å². The average molecular weight is 493 g/mol. The number of ether oxygens (including phenoxy) is 1. The van der Waals surface area contributed by atoms with Crippen molar-refractivity contribution >= 4 is 20.3 Å². The predicted octanol–water partition coefficient (Wildman–Crippen LogP) is 5.26. The van der Waals surface area contributed by atoms with Crippen LogP contribution in [-0.4, -0.2) is 30.5 Å². The van der Waals surface area contributed by atoms with E-state index in [2.05, 4.69) is 0 Å². The van der Waals surface area contributed by atoms with E-state index >= 15 is 0 Å². The first-order valence-corrected chi connectivity index (χ1v) is 11.2. The normalized spacial score (nSPS) is 13.8. The molecule has 0 amide bonds. The van der Waals surface area contributed by atoms with Gasteiger partial charge in [-0.1, -0.05) is 29.8 Å². The van der Waals surface area contributed by atoms with Crippen LogP contribution in [0.3, 0.4) is 0 Å². The number of rotatable bonds is 12. The molecule has 0 heterocycles. The van der Waals surface area contributed by atoms with Crippen LogP contribution in [0, 0.1) is 6.92 Å². The molecular formula is C22H27ClF3NO4P+. The standard InChI is InChI=1S/C22H27ClF3NO4P/c1-15-17(4-2-6-19(15)23)5-3-11-30-20-8-7-16(12-18(20)22(24,25)26)9-10-21(27,13-28)14-31-32-29/h2,4,6-8,12,28,32H,3,5,9-11,13-14,27H2,1H3/q+1. The Hall–Kier alpha value is -1.70. The summed E-state index contributed by atoms with van der Waals surface area (Å²) in [4.78, 5) is 0. The number of benzene rings is 2. The van der Waals surface area contributed by atoms with Crippen molar-refractivity contribution in [2.75, 3.05) is 19.8 Å². The van der Waals surface area contributed by atoms with Crippen LogP contribution < -0.4 is 10.5 Å². The molecule has 2 aromatic rings. The van der Waals surface area contributed by atoms with E-state index < -0.39 is 32.6 Å². The van der Waals surface area contributed by atoms with Crippen molar-refractivity contribution in [2.24, 2.45) is 5.73 Å². The van der Waals surface area contributed by atoms with Gasteiger partial charge in [0.25, 0.3) is 0 Å². The molecule has 2 unspecified atom stereocenters. The summed E-state index contributed by atoms with van der Waals surface area (Å²) >= 11 is 6.10. The summed E-state index contributed by atoms with van der Waals surface area (Å²) in [6.45, 7) is 1.42. The second-order valence-corrected chi connectivity index (χ2v) is 8.56. The third kappa shape index (κ3) is 7.71. The molecule has 0 spiro atoms. The van der Waals surface area contributed by atoms with Crippen LogP contribution in [0.1, 0.15) is 35.1 Å². The number of hydrogen-bond acceptors (Lipinski definition) is 5. The monoisotopic (exact) mass is 492 g/mol. The Bertz CT molecular complexity index is 913. The molecule has 176 valence electrons. The van der Waals surface area contributed by atoms with E-state index in [0.717, 1.165) is 17.2 Å². The van der Waals surface area contributed by atoms with Crippen molar-refractivity contribution in [3.63, 3.8) is 0 Å². The van der Waals surface area contributed by atoms with Crippen LogP contribution in [0.25, 0.3) is 0 Å². The first-order chi connectivity index (χ1) is 15.1. The molecule has 0 saturated carbocycles. The molecule has 0 fully saturated rings. The van der Waals surface area contributed by atoms with Crippen molar-refractivity contribution in [2.45, 2.75) is 44.3 Å². The zero-order chi connectivity index (χ0) is 23.8. The van der Waals surface area contributed by atoms with Crippen LogP contribution in [-0.2, 0) is 28.1 Å². The number of aliphatic hydroxyl groups excluding tert-OH is 1. The summed E-state index contributed by atoms with van der Waals surface area (Å²) in [6, 6.07) is 9.44. The maximum atomic E-state index is 13.6. The molecule has 2 aromatic carbocycles. The minimum Gasteiger partial charge on any atom is -0.493 e. The van der Waals surface area contributed by atoms with Gasteiger partial charge in [-0.15, -0.1) is 4.52 Å². The minimum atomic E-state index is -4.58. The molecule has 0 bridgehead atoms. The van der Waals surface area contributed by atoms with E-state index in [-0.39, 0.29) is 31.8 Å². The molecule has 0 aliphatic rings. The van der Waals surface area contributed by atoms with E-state index in [1.807, 2.05) is 19.1 Å². The largest absolute Gasteiger partial charge is 0.494 e. The molecule has 0 aliphatic heterocycles. The molecule has 10 heteroatoms. The van der Waals surface area contributed by atoms with Gasteiger partial charge >= 0.3 is 14.9 Å². The summed E-state index contributed by atoms with van der Waals surface area (Å²) in [5.74, 6) is -0.235. The molecular weight excluding hydrogens is 466 g/mol. The molecule has 0 radical (unpaired) electrons. The maximum absolute atomic E-state index is 13.6. The van der Waals surface area contributed by atoms with Crippen molar-refractivity contribution < 1.29 is 32.1 Å². The second-order valence-electron chi connectivity index (χ2n) is 7.70. The molecule has 0 saturated heterocycles. The van der Waals surface area contributed by atoms with E-state index in [1.54, 1.807) is 12.1 Å². The van der Waals surface area contributed by atoms with Gasteiger partial charge in [-0.25, -0.2) is 0 Å². The third-order valence-corrected chi connectivity index (χ3v) is 5.89. The van der Waals surface area contributed by atoms with Gasteiger partial charge in [0.15, 0.2) is 0 Å². The number of hydrogen-bond donors (Lipinski definition) is 2. The van der Waals surface area contributed by atoms with Gasteiger partial charge in [-0.3, -0.25) is 0 Å². The fourth-order valence-corrected chi connectivity index (χ4v) is 3.75. The Kier molecular flexibility index (Phi) is 9.92. The first-order valence-electron chi connectivity index (χ1n) is 10.1. The van der Waals surface area contributed by atoms with Gasteiger partial charge in [0.2, 0.25) is 0 Å². The fourth-order valence-electron chi connectivity index (χ4n) is 3.21. The van der Waals surface area contributed by atoms with E-state index in [4.69, 9.17) is 26.6 Å². The Morgan fingerprint density at radius 1 is 1.19 bits per heavy atom. The van der Waals surface area contributed by atoms with Crippen molar-refractivity contribution in [3.05, 3.63) is 63.7 Å². The molecule has 0 aliphatic carbocycles. The summed E-state index contributed by atoms with van der Waals surface area (Å²) in [5, 5.41) is 10.1. The Morgan fingerprint density at radius 3 is 2.59 bits per heavy atom. The number of aliphatic hydroxyl groups is 1. The Balaban J connectivity index is 2.03. The molecule has 0 aromatic heterocycles. The molecule has 32 heavy (non-hydrogen) atoms. The van der Waals surface area contributed by atoms with E-state index in [9.17, 15) is 22.8 Å². The minimum absolute atomic E-state index is 0.123. The van der Waals surface area contributed by atoms with Gasteiger partial charge in [-0.2, -0.15) is 13.2 Å². The summed E-state index contributed by atoms with van der Waals surface area (Å²) in [7, 11) is -1.03. The lowest BCUT2D eigenvalue weighted by Gasteiger charge is -2.24. The van der Waals surface area contributed by atoms with Crippen LogP contribution in [0.15, 0.2) is 36.4 Å². The van der Waals surface area contributed by atoms with E-state index in [0.29, 0.717) is 23.4 Å². The number of halogens is 4. The summed E-state index contributed by atoms with van der Waals surface area (Å²) in [5.41, 5.74) is 6.29. The Labute approximate surface area is 192 Å². The quantitative estimate of drug-likeness (QED) is 0.312.